The Labute approximate surface area is 273 Å². The van der Waals surface area contributed by atoms with Crippen molar-refractivity contribution in [1.82, 2.24) is 30.3 Å². The zero-order valence-electron chi connectivity index (χ0n) is 27.1. The minimum absolute atomic E-state index is 0.0637. The molecule has 7 rings (SSSR count). The van der Waals surface area contributed by atoms with Crippen molar-refractivity contribution in [1.29, 1.82) is 0 Å². The highest BCUT2D eigenvalue weighted by molar-refractivity contribution is 5.84. The van der Waals surface area contributed by atoms with Gasteiger partial charge in [0.25, 0.3) is 0 Å². The van der Waals surface area contributed by atoms with Crippen LogP contribution in [0.4, 0.5) is 5.95 Å². The van der Waals surface area contributed by atoms with Crippen LogP contribution in [0.25, 0.3) is 22.3 Å². The average molecular weight is 636 g/mol. The van der Waals surface area contributed by atoms with Crippen LogP contribution in [-0.4, -0.2) is 61.6 Å². The van der Waals surface area contributed by atoms with Crippen LogP contribution in [0.5, 0.6) is 5.75 Å². The molecule has 1 saturated carbocycles. The largest absolute Gasteiger partial charge is 0.507 e. The zero-order valence-corrected chi connectivity index (χ0v) is 27.1. The summed E-state index contributed by atoms with van der Waals surface area (Å²) < 4.78 is 10.6. The first kappa shape index (κ1) is 30.8. The number of fused-ring (bicyclic) bond motifs is 1. The van der Waals surface area contributed by atoms with Crippen LogP contribution in [0.2, 0.25) is 0 Å². The number of ether oxygens (including phenoxy) is 1. The van der Waals surface area contributed by atoms with E-state index in [1.54, 1.807) is 12.1 Å². The molecule has 244 valence electrons. The molecule has 5 aromatic rings. The SMILES string of the molecule is COC(=O)C(c1cc(C2CCC(c3cnc(N4CCC(c5c[nH]c6nnc(-c7ccccc7O)cc56)CC4)nc3)CC2)no1)C(C)C. The number of nitrogens with one attached hydrogen (secondary N) is 1. The normalized spacial score (nSPS) is 19.7. The quantitative estimate of drug-likeness (QED) is 0.174. The van der Waals surface area contributed by atoms with Gasteiger partial charge in [-0.15, -0.1) is 10.2 Å². The van der Waals surface area contributed by atoms with Crippen LogP contribution in [0, 0.1) is 5.92 Å². The molecule has 0 radical (unpaired) electrons. The fraction of sp³-hybridized carbons (Fsp3) is 0.444. The van der Waals surface area contributed by atoms with E-state index in [1.165, 1.54) is 18.2 Å². The number of hydrogen-bond acceptors (Lipinski definition) is 10. The third-order valence-electron chi connectivity index (χ3n) is 10.1. The number of phenolic OH excluding ortho intramolecular Hbond substituents is 1. The standard InChI is InChI=1S/C36H41N7O4/c1-21(2)33(35(45)46-3)32-17-29(42-47-32)24-10-8-22(9-11-24)25-18-38-36(39-19-25)43-14-12-23(13-15-43)28-20-37-34-27(28)16-30(40-41-34)26-6-4-5-7-31(26)44/h4-7,16-24,33,44H,8-15H2,1-3H3,(H,37,41). The lowest BCUT2D eigenvalue weighted by Crippen LogP contribution is -2.34. The molecule has 0 amide bonds. The number of rotatable bonds is 8. The van der Waals surface area contributed by atoms with Gasteiger partial charge in [0.05, 0.1) is 18.5 Å². The summed E-state index contributed by atoms with van der Waals surface area (Å²) in [6, 6.07) is 11.2. The number of aromatic amines is 1. The lowest BCUT2D eigenvalue weighted by molar-refractivity contribution is -0.144. The first-order valence-corrected chi connectivity index (χ1v) is 16.6. The Kier molecular flexibility index (Phi) is 8.62. The zero-order chi connectivity index (χ0) is 32.5. The molecule has 1 saturated heterocycles. The van der Waals surface area contributed by atoms with Crippen molar-refractivity contribution >= 4 is 23.0 Å². The van der Waals surface area contributed by atoms with Gasteiger partial charge in [-0.1, -0.05) is 31.1 Å². The molecule has 1 aliphatic heterocycles. The van der Waals surface area contributed by atoms with Crippen molar-refractivity contribution in [2.75, 3.05) is 25.1 Å². The second kappa shape index (κ2) is 13.1. The van der Waals surface area contributed by atoms with Crippen molar-refractivity contribution in [3.8, 4) is 17.0 Å². The van der Waals surface area contributed by atoms with Crippen LogP contribution in [0.3, 0.4) is 0 Å². The van der Waals surface area contributed by atoms with E-state index < -0.39 is 5.92 Å². The van der Waals surface area contributed by atoms with Gasteiger partial charge in [-0.05, 0) is 85.6 Å². The molecule has 0 bridgehead atoms. The molecule has 4 aromatic heterocycles. The Morgan fingerprint density at radius 3 is 2.40 bits per heavy atom. The minimum atomic E-state index is -0.438. The average Bonchev–Trinajstić information content (AvgIpc) is 3.76. The molecule has 11 nitrogen and oxygen atoms in total. The number of carbonyl (C=O) groups excluding carboxylic acids is 1. The summed E-state index contributed by atoms with van der Waals surface area (Å²) in [5, 5.41) is 24.5. The van der Waals surface area contributed by atoms with Gasteiger partial charge in [-0.3, -0.25) is 4.79 Å². The number of methoxy groups -OCH3 is 1. The van der Waals surface area contributed by atoms with E-state index in [-0.39, 0.29) is 17.6 Å². The van der Waals surface area contributed by atoms with Gasteiger partial charge < -0.3 is 24.3 Å². The van der Waals surface area contributed by atoms with Gasteiger partial charge in [0, 0.05) is 54.6 Å². The van der Waals surface area contributed by atoms with E-state index >= 15 is 0 Å². The number of anilines is 1. The number of carbonyl (C=O) groups is 1. The van der Waals surface area contributed by atoms with E-state index in [4.69, 9.17) is 19.2 Å². The molecule has 1 aliphatic carbocycles. The highest BCUT2D eigenvalue weighted by atomic mass is 16.5. The molecular weight excluding hydrogens is 594 g/mol. The van der Waals surface area contributed by atoms with Crippen LogP contribution in [0.1, 0.15) is 98.6 Å². The lowest BCUT2D eigenvalue weighted by atomic mass is 9.78. The topological polar surface area (TPSA) is 143 Å². The summed E-state index contributed by atoms with van der Waals surface area (Å²) in [4.78, 5) is 27.5. The summed E-state index contributed by atoms with van der Waals surface area (Å²) in [5.41, 5.74) is 5.46. The van der Waals surface area contributed by atoms with E-state index in [2.05, 4.69) is 31.4 Å². The Morgan fingerprint density at radius 2 is 1.70 bits per heavy atom. The first-order chi connectivity index (χ1) is 22.9. The molecule has 47 heavy (non-hydrogen) atoms. The van der Waals surface area contributed by atoms with Crippen LogP contribution in [0.15, 0.2) is 59.5 Å². The first-order valence-electron chi connectivity index (χ1n) is 16.6. The van der Waals surface area contributed by atoms with Gasteiger partial charge in [-0.2, -0.15) is 0 Å². The monoisotopic (exact) mass is 635 g/mol. The van der Waals surface area contributed by atoms with E-state index in [9.17, 15) is 9.90 Å². The van der Waals surface area contributed by atoms with Gasteiger partial charge in [0.15, 0.2) is 11.4 Å². The number of para-hydroxylation sites is 1. The molecule has 1 atom stereocenters. The number of hydrogen-bond donors (Lipinski definition) is 2. The minimum Gasteiger partial charge on any atom is -0.507 e. The summed E-state index contributed by atoms with van der Waals surface area (Å²) in [5.74, 6) is 2.03. The molecule has 2 N–H and O–H groups in total. The molecule has 11 heteroatoms. The van der Waals surface area contributed by atoms with Crippen molar-refractivity contribution in [3.63, 3.8) is 0 Å². The fourth-order valence-corrected chi connectivity index (χ4v) is 7.41. The third kappa shape index (κ3) is 6.18. The molecule has 5 heterocycles. The Morgan fingerprint density at radius 1 is 0.979 bits per heavy atom. The number of phenols is 1. The third-order valence-corrected chi connectivity index (χ3v) is 10.1. The second-order valence-corrected chi connectivity index (χ2v) is 13.3. The number of aromatic nitrogens is 6. The number of benzene rings is 1. The maximum absolute atomic E-state index is 12.3. The predicted octanol–water partition coefficient (Wildman–Crippen LogP) is 6.85. The smallest absolute Gasteiger partial charge is 0.316 e. The maximum atomic E-state index is 12.3. The highest BCUT2D eigenvalue weighted by Gasteiger charge is 2.32. The Bertz CT molecular complexity index is 1830. The summed E-state index contributed by atoms with van der Waals surface area (Å²) in [7, 11) is 1.41. The maximum Gasteiger partial charge on any atom is 0.316 e. The van der Waals surface area contributed by atoms with Crippen LogP contribution in [-0.2, 0) is 9.53 Å². The van der Waals surface area contributed by atoms with Crippen molar-refractivity contribution in [2.45, 2.75) is 76.0 Å². The molecule has 1 aromatic carbocycles. The molecule has 1 unspecified atom stereocenters. The molecule has 2 fully saturated rings. The van der Waals surface area contributed by atoms with Gasteiger partial charge in [0.1, 0.15) is 11.7 Å². The number of aromatic hydroxyl groups is 1. The van der Waals surface area contributed by atoms with E-state index in [0.717, 1.165) is 74.3 Å². The molecule has 0 spiro atoms. The number of piperidine rings is 1. The Balaban J connectivity index is 0.949. The highest BCUT2D eigenvalue weighted by Crippen LogP contribution is 2.41. The number of nitrogens with zero attached hydrogens (tertiary/aromatic N) is 6. The fourth-order valence-electron chi connectivity index (χ4n) is 7.41. The number of H-pyrrole nitrogens is 1. The van der Waals surface area contributed by atoms with Crippen LogP contribution < -0.4 is 4.90 Å². The van der Waals surface area contributed by atoms with E-state index in [0.29, 0.717) is 34.8 Å². The second-order valence-electron chi connectivity index (χ2n) is 13.3. The van der Waals surface area contributed by atoms with Gasteiger partial charge in [0.2, 0.25) is 5.95 Å². The molecule has 2 aliphatic rings. The van der Waals surface area contributed by atoms with Gasteiger partial charge >= 0.3 is 5.97 Å². The van der Waals surface area contributed by atoms with Crippen molar-refractivity contribution in [2.24, 2.45) is 5.92 Å². The predicted molar refractivity (Wildman–Crippen MR) is 177 cm³/mol. The van der Waals surface area contributed by atoms with Crippen molar-refractivity contribution in [3.05, 3.63) is 77.6 Å². The summed E-state index contributed by atoms with van der Waals surface area (Å²) in [6.45, 7) is 5.72. The van der Waals surface area contributed by atoms with Gasteiger partial charge in [-0.25, -0.2) is 9.97 Å². The lowest BCUT2D eigenvalue weighted by Gasteiger charge is -2.32. The number of esters is 1. The summed E-state index contributed by atoms with van der Waals surface area (Å²) in [6.07, 6.45) is 12.1. The summed E-state index contributed by atoms with van der Waals surface area (Å²) >= 11 is 0. The van der Waals surface area contributed by atoms with Crippen molar-refractivity contribution < 1.29 is 19.2 Å². The van der Waals surface area contributed by atoms with E-state index in [1.807, 2.05) is 50.5 Å². The molecular formula is C36H41N7O4. The van der Waals surface area contributed by atoms with Crippen LogP contribution >= 0.6 is 0 Å². The Hall–Kier alpha value is -4.80.